The smallest absolute Gasteiger partial charge is 0.271 e. The first-order valence-electron chi connectivity index (χ1n) is 8.45. The van der Waals surface area contributed by atoms with Crippen molar-refractivity contribution in [2.75, 3.05) is 18.0 Å². The molecule has 5 nitrogen and oxygen atoms in total. The average molecular weight is 328 g/mol. The molecule has 0 aliphatic carbocycles. The topological polar surface area (TPSA) is 73.0 Å². The maximum Gasteiger partial charge on any atom is 0.271 e. The minimum atomic E-state index is 0.176. The average Bonchev–Trinajstić information content (AvgIpc) is 2.67. The van der Waals surface area contributed by atoms with Crippen LogP contribution in [0, 0.1) is 11.2 Å². The van der Waals surface area contributed by atoms with Crippen molar-refractivity contribution in [3.05, 3.63) is 48.5 Å². The number of nitrogens with zero attached hydrogens (tertiary/aromatic N) is 4. The summed E-state index contributed by atoms with van der Waals surface area (Å²) >= 11 is 0. The molecule has 0 unspecified atom stereocenters. The third-order valence-corrected chi connectivity index (χ3v) is 4.79. The number of nitriles is 1. The van der Waals surface area contributed by atoms with Gasteiger partial charge in [-0.25, -0.2) is 5.26 Å². The van der Waals surface area contributed by atoms with Crippen LogP contribution in [0.5, 0.6) is 5.75 Å². The second kappa shape index (κ2) is 6.44. The summed E-state index contributed by atoms with van der Waals surface area (Å²) in [5.41, 5.74) is 3.30. The molecular formula is C19H17BN4O. The van der Waals surface area contributed by atoms with Crippen molar-refractivity contribution in [2.45, 2.75) is 12.6 Å². The van der Waals surface area contributed by atoms with Gasteiger partial charge in [-0.3, -0.25) is 0 Å². The Morgan fingerprint density at radius 3 is 2.60 bits per heavy atom. The van der Waals surface area contributed by atoms with Gasteiger partial charge in [-0.1, -0.05) is 12.1 Å². The number of aromatic nitrogens is 2. The Hall–Kier alpha value is -3.07. The van der Waals surface area contributed by atoms with Crippen molar-refractivity contribution in [3.8, 4) is 23.0 Å². The molecule has 1 aromatic heterocycles. The fourth-order valence-corrected chi connectivity index (χ4v) is 3.32. The fourth-order valence-electron chi connectivity index (χ4n) is 3.32. The molecule has 1 N–H and O–H groups in total. The zero-order chi connectivity index (χ0) is 17.2. The number of anilines is 1. The standard InChI is InChI=1S/C19H17BN4O/c21-13-20-7-9-24(10-8-20)15-5-6-17-14(11-15)12-18(23-22-17)16-3-1-2-4-19(16)25/h1-6,11-12,25H,7-10H2. The first kappa shape index (κ1) is 15.5. The minimum absolute atomic E-state index is 0.176. The van der Waals surface area contributed by atoms with Gasteiger partial charge in [0.05, 0.1) is 11.2 Å². The monoisotopic (exact) mass is 328 g/mol. The normalized spacial score (nSPS) is 14.5. The second-order valence-electron chi connectivity index (χ2n) is 6.38. The van der Waals surface area contributed by atoms with Crippen molar-refractivity contribution in [3.63, 3.8) is 0 Å². The maximum absolute atomic E-state index is 10.0. The molecule has 1 aliphatic heterocycles. The molecule has 2 aromatic carbocycles. The number of phenols is 1. The number of phenolic OH excluding ortho intramolecular Hbond substituents is 1. The molecule has 0 amide bonds. The largest absolute Gasteiger partial charge is 0.507 e. The highest BCUT2D eigenvalue weighted by Crippen LogP contribution is 2.30. The van der Waals surface area contributed by atoms with Crippen molar-refractivity contribution < 1.29 is 5.11 Å². The van der Waals surface area contributed by atoms with E-state index in [2.05, 4.69) is 33.2 Å². The lowest BCUT2D eigenvalue weighted by Crippen LogP contribution is -2.36. The van der Waals surface area contributed by atoms with E-state index < -0.39 is 0 Å². The molecule has 1 aliphatic rings. The van der Waals surface area contributed by atoms with Crippen LogP contribution < -0.4 is 4.90 Å². The summed E-state index contributed by atoms with van der Waals surface area (Å²) in [5.74, 6) is 2.57. The molecule has 1 fully saturated rings. The lowest BCUT2D eigenvalue weighted by atomic mass is 9.45. The molecule has 1 saturated heterocycles. The van der Waals surface area contributed by atoms with Crippen LogP contribution in [0.2, 0.25) is 12.6 Å². The molecule has 122 valence electrons. The Labute approximate surface area is 146 Å². The van der Waals surface area contributed by atoms with Gasteiger partial charge in [0.2, 0.25) is 0 Å². The van der Waals surface area contributed by atoms with Crippen molar-refractivity contribution in [1.29, 1.82) is 5.26 Å². The van der Waals surface area contributed by atoms with Crippen LogP contribution in [-0.2, 0) is 0 Å². The van der Waals surface area contributed by atoms with Gasteiger partial charge in [0.1, 0.15) is 5.75 Å². The van der Waals surface area contributed by atoms with Crippen LogP contribution in [0.4, 0.5) is 5.69 Å². The zero-order valence-electron chi connectivity index (χ0n) is 13.8. The quantitative estimate of drug-likeness (QED) is 0.730. The van der Waals surface area contributed by atoms with Gasteiger partial charge in [0.25, 0.3) is 6.71 Å². The highest BCUT2D eigenvalue weighted by molar-refractivity contribution is 6.67. The van der Waals surface area contributed by atoms with Crippen molar-refractivity contribution >= 4 is 23.3 Å². The Morgan fingerprint density at radius 2 is 1.84 bits per heavy atom. The number of rotatable bonds is 2. The van der Waals surface area contributed by atoms with E-state index in [1.54, 1.807) is 12.1 Å². The number of para-hydroxylation sites is 1. The molecule has 0 radical (unpaired) electrons. The van der Waals surface area contributed by atoms with Crippen molar-refractivity contribution in [2.24, 2.45) is 0 Å². The van der Waals surface area contributed by atoms with Gasteiger partial charge >= 0.3 is 0 Å². The first-order chi connectivity index (χ1) is 12.2. The Kier molecular flexibility index (Phi) is 3.98. The summed E-state index contributed by atoms with van der Waals surface area (Å²) in [4.78, 5) is 2.31. The third-order valence-electron chi connectivity index (χ3n) is 4.79. The first-order valence-corrected chi connectivity index (χ1v) is 8.45. The lowest BCUT2D eigenvalue weighted by molar-refractivity contribution is 0.477. The zero-order valence-corrected chi connectivity index (χ0v) is 13.8. The van der Waals surface area contributed by atoms with Gasteiger partial charge in [-0.15, -0.1) is 10.2 Å². The molecule has 0 spiro atoms. The van der Waals surface area contributed by atoms with E-state index in [0.29, 0.717) is 11.3 Å². The summed E-state index contributed by atoms with van der Waals surface area (Å²) in [5, 5.41) is 28.6. The summed E-state index contributed by atoms with van der Waals surface area (Å²) in [6, 6.07) is 15.3. The predicted octanol–water partition coefficient (Wildman–Crippen LogP) is 3.38. The molecule has 2 heterocycles. The van der Waals surface area contributed by atoms with Crippen molar-refractivity contribution in [1.82, 2.24) is 10.2 Å². The van der Waals surface area contributed by atoms with Crippen LogP contribution >= 0.6 is 0 Å². The molecular weight excluding hydrogens is 311 g/mol. The molecule has 25 heavy (non-hydrogen) atoms. The van der Waals surface area contributed by atoms with Crippen LogP contribution in [0.3, 0.4) is 0 Å². The second-order valence-corrected chi connectivity index (χ2v) is 6.38. The minimum Gasteiger partial charge on any atom is -0.507 e. The van der Waals surface area contributed by atoms with E-state index in [1.807, 2.05) is 24.3 Å². The van der Waals surface area contributed by atoms with Crippen LogP contribution in [0.1, 0.15) is 0 Å². The highest BCUT2D eigenvalue weighted by atomic mass is 16.3. The van der Waals surface area contributed by atoms with E-state index in [-0.39, 0.29) is 12.5 Å². The lowest BCUT2D eigenvalue weighted by Gasteiger charge is -2.30. The van der Waals surface area contributed by atoms with Gasteiger partial charge in [-0.05, 0) is 49.0 Å². The third kappa shape index (κ3) is 3.01. The Morgan fingerprint density at radius 1 is 1.04 bits per heavy atom. The van der Waals surface area contributed by atoms with Gasteiger partial charge < -0.3 is 10.0 Å². The van der Waals surface area contributed by atoms with Crippen LogP contribution in [0.25, 0.3) is 22.2 Å². The van der Waals surface area contributed by atoms with E-state index >= 15 is 0 Å². The van der Waals surface area contributed by atoms with Gasteiger partial charge in [0, 0.05) is 35.7 Å². The summed E-state index contributed by atoms with van der Waals surface area (Å²) in [6.07, 6.45) is 1.82. The number of hydrogen-bond donors (Lipinski definition) is 1. The van der Waals surface area contributed by atoms with Gasteiger partial charge in [0.15, 0.2) is 0 Å². The van der Waals surface area contributed by atoms with E-state index in [0.717, 1.165) is 42.3 Å². The molecule has 0 bridgehead atoms. The summed E-state index contributed by atoms with van der Waals surface area (Å²) in [7, 11) is 0. The van der Waals surface area contributed by atoms with E-state index in [1.165, 1.54) is 0 Å². The number of aromatic hydroxyl groups is 1. The molecule has 0 saturated carbocycles. The molecule has 6 heteroatoms. The SMILES string of the molecule is N#CB1CCN(c2ccc3nnc(-c4ccccc4O)cc3c2)CC1. The Bertz CT molecular complexity index is 961. The molecule has 3 aromatic rings. The highest BCUT2D eigenvalue weighted by Gasteiger charge is 2.22. The van der Waals surface area contributed by atoms with Gasteiger partial charge in [-0.2, -0.15) is 0 Å². The molecule has 0 atom stereocenters. The van der Waals surface area contributed by atoms with Crippen LogP contribution in [0.15, 0.2) is 48.5 Å². The molecule has 4 rings (SSSR count). The summed E-state index contributed by atoms with van der Waals surface area (Å²) in [6.45, 7) is 1.97. The maximum atomic E-state index is 10.0. The predicted molar refractivity (Wildman–Crippen MR) is 99.8 cm³/mol. The number of fused-ring (bicyclic) bond motifs is 1. The summed E-state index contributed by atoms with van der Waals surface area (Å²) < 4.78 is 0. The van der Waals surface area contributed by atoms with E-state index in [4.69, 9.17) is 5.26 Å². The van der Waals surface area contributed by atoms with E-state index in [9.17, 15) is 5.11 Å². The number of benzene rings is 2. The Balaban J connectivity index is 1.68. The van der Waals surface area contributed by atoms with Crippen LogP contribution in [-0.4, -0.2) is 35.1 Å². The fraction of sp³-hybridized carbons (Fsp3) is 0.211. The number of hydrogen-bond acceptors (Lipinski definition) is 5.